The lowest BCUT2D eigenvalue weighted by Crippen LogP contribution is -2.30. The quantitative estimate of drug-likeness (QED) is 0.360. The van der Waals surface area contributed by atoms with Crippen molar-refractivity contribution in [1.82, 2.24) is 15.4 Å². The fraction of sp³-hybridized carbons (Fsp3) is 0.0526. The van der Waals surface area contributed by atoms with Crippen LogP contribution in [0.2, 0.25) is 0 Å². The van der Waals surface area contributed by atoms with Gasteiger partial charge in [0.05, 0.1) is 0 Å². The van der Waals surface area contributed by atoms with E-state index in [9.17, 15) is 9.59 Å². The van der Waals surface area contributed by atoms with Crippen LogP contribution in [0.25, 0.3) is 0 Å². The molecule has 10 heteroatoms. The van der Waals surface area contributed by atoms with E-state index in [-0.39, 0.29) is 23.3 Å². The third-order valence-corrected chi connectivity index (χ3v) is 4.28. The maximum atomic E-state index is 12.2. The van der Waals surface area contributed by atoms with E-state index in [2.05, 4.69) is 47.4 Å². The maximum absolute atomic E-state index is 12.2. The molecule has 0 saturated heterocycles. The molecule has 0 fully saturated rings. The lowest BCUT2D eigenvalue weighted by atomic mass is 10.2. The number of halogens is 1. The number of amides is 2. The van der Waals surface area contributed by atoms with Crippen molar-refractivity contribution < 1.29 is 9.59 Å². The molecule has 2 amide bonds. The van der Waals surface area contributed by atoms with E-state index < -0.39 is 0 Å². The van der Waals surface area contributed by atoms with Crippen LogP contribution < -0.4 is 27.2 Å². The summed E-state index contributed by atoms with van der Waals surface area (Å²) in [5, 5.41) is 5.76. The number of benzene rings is 2. The average Bonchev–Trinajstić information content (AvgIpc) is 2.70. The highest BCUT2D eigenvalue weighted by atomic mass is 79.9. The van der Waals surface area contributed by atoms with Crippen LogP contribution >= 0.6 is 15.9 Å². The van der Waals surface area contributed by atoms with Crippen LogP contribution in [0.5, 0.6) is 0 Å². The number of hydrogen-bond donors (Lipinski definition) is 5. The Kier molecular flexibility index (Phi) is 6.25. The zero-order valence-electron chi connectivity index (χ0n) is 15.4. The van der Waals surface area contributed by atoms with Gasteiger partial charge >= 0.3 is 0 Å². The minimum atomic E-state index is -0.335. The number of carbonyl (C=O) groups is 2. The van der Waals surface area contributed by atoms with Gasteiger partial charge in [-0.3, -0.25) is 20.4 Å². The Morgan fingerprint density at radius 1 is 0.931 bits per heavy atom. The second-order valence-corrected chi connectivity index (χ2v) is 6.87. The van der Waals surface area contributed by atoms with Crippen molar-refractivity contribution in [3.05, 3.63) is 64.9 Å². The normalized spacial score (nSPS) is 10.1. The smallest absolute Gasteiger partial charge is 0.269 e. The number of hydrogen-bond acceptors (Lipinski definition) is 7. The van der Waals surface area contributed by atoms with Gasteiger partial charge < -0.3 is 16.4 Å². The molecular weight excluding hydrogens is 438 g/mol. The largest absolute Gasteiger partial charge is 0.393 e. The SMILES string of the molecule is CC(=O)Nc1ccc(Nc2ncnc(NNC(=O)c3ccc(Br)cc3)c2N)cc1. The Hall–Kier alpha value is -3.66. The Labute approximate surface area is 175 Å². The Bertz CT molecular complexity index is 1020. The number of hydrazine groups is 1. The van der Waals surface area contributed by atoms with Crippen molar-refractivity contribution >= 4 is 56.4 Å². The number of carbonyl (C=O) groups excluding carboxylic acids is 2. The Balaban J connectivity index is 1.66. The molecule has 3 aromatic rings. The molecule has 0 radical (unpaired) electrons. The molecule has 29 heavy (non-hydrogen) atoms. The first-order valence-corrected chi connectivity index (χ1v) is 9.29. The number of nitrogens with two attached hydrogens (primary N) is 1. The summed E-state index contributed by atoms with van der Waals surface area (Å²) in [6, 6.07) is 14.0. The molecular formula is C19H18BrN7O2. The molecule has 0 spiro atoms. The van der Waals surface area contributed by atoms with Crippen molar-refractivity contribution in [2.75, 3.05) is 21.8 Å². The molecule has 0 aliphatic rings. The number of aromatic nitrogens is 2. The van der Waals surface area contributed by atoms with Crippen LogP contribution in [0.1, 0.15) is 17.3 Å². The average molecular weight is 456 g/mol. The molecule has 0 saturated carbocycles. The number of nitrogens with zero attached hydrogens (tertiary/aromatic N) is 2. The van der Waals surface area contributed by atoms with Crippen LogP contribution in [0.4, 0.5) is 28.7 Å². The summed E-state index contributed by atoms with van der Waals surface area (Å²) in [5.41, 5.74) is 13.5. The van der Waals surface area contributed by atoms with Crippen molar-refractivity contribution in [2.45, 2.75) is 6.92 Å². The van der Waals surface area contributed by atoms with Crippen molar-refractivity contribution in [3.8, 4) is 0 Å². The van der Waals surface area contributed by atoms with Crippen molar-refractivity contribution in [1.29, 1.82) is 0 Å². The zero-order chi connectivity index (χ0) is 20.8. The molecule has 3 rings (SSSR count). The lowest BCUT2D eigenvalue weighted by Gasteiger charge is -2.13. The Morgan fingerprint density at radius 2 is 1.55 bits per heavy atom. The summed E-state index contributed by atoms with van der Waals surface area (Å²) in [6.07, 6.45) is 1.32. The van der Waals surface area contributed by atoms with Crippen LogP contribution in [0, 0.1) is 0 Å². The number of rotatable bonds is 6. The predicted octanol–water partition coefficient (Wildman–Crippen LogP) is 3.28. The van der Waals surface area contributed by atoms with Gasteiger partial charge in [-0.2, -0.15) is 0 Å². The Morgan fingerprint density at radius 3 is 2.21 bits per heavy atom. The van der Waals surface area contributed by atoms with Crippen LogP contribution in [0.15, 0.2) is 59.3 Å². The predicted molar refractivity (Wildman–Crippen MR) is 116 cm³/mol. The van der Waals surface area contributed by atoms with Gasteiger partial charge in [-0.25, -0.2) is 9.97 Å². The van der Waals surface area contributed by atoms with E-state index in [0.717, 1.165) is 4.47 Å². The molecule has 9 nitrogen and oxygen atoms in total. The molecule has 1 aromatic heterocycles. The second-order valence-electron chi connectivity index (χ2n) is 5.95. The molecule has 0 atom stereocenters. The number of anilines is 5. The maximum Gasteiger partial charge on any atom is 0.269 e. The summed E-state index contributed by atoms with van der Waals surface area (Å²) in [4.78, 5) is 31.5. The molecule has 0 aliphatic heterocycles. The summed E-state index contributed by atoms with van der Waals surface area (Å²) in [6.45, 7) is 1.44. The van der Waals surface area contributed by atoms with Crippen LogP contribution in [-0.4, -0.2) is 21.8 Å². The highest BCUT2D eigenvalue weighted by Crippen LogP contribution is 2.26. The van der Waals surface area contributed by atoms with E-state index in [4.69, 9.17) is 5.73 Å². The van der Waals surface area contributed by atoms with Crippen LogP contribution in [-0.2, 0) is 4.79 Å². The van der Waals surface area contributed by atoms with Crippen LogP contribution in [0.3, 0.4) is 0 Å². The standard InChI is InChI=1S/C19H18BrN7O2/c1-11(28)24-14-6-8-15(9-7-14)25-17-16(21)18(23-10-22-17)26-27-19(29)12-2-4-13(20)5-3-12/h2-10H,21H2,1H3,(H,24,28)(H,27,29)(H2,22,23,25,26). The molecule has 1 heterocycles. The van der Waals surface area contributed by atoms with Gasteiger partial charge in [-0.05, 0) is 48.5 Å². The van der Waals surface area contributed by atoms with E-state index in [1.54, 1.807) is 48.5 Å². The van der Waals surface area contributed by atoms with Gasteiger partial charge in [-0.1, -0.05) is 15.9 Å². The van der Waals surface area contributed by atoms with Gasteiger partial charge in [0.15, 0.2) is 11.6 Å². The topological polar surface area (TPSA) is 134 Å². The van der Waals surface area contributed by atoms with E-state index in [1.165, 1.54) is 13.3 Å². The van der Waals surface area contributed by atoms with Crippen molar-refractivity contribution in [2.24, 2.45) is 0 Å². The van der Waals surface area contributed by atoms with Gasteiger partial charge in [0.25, 0.3) is 5.91 Å². The van der Waals surface area contributed by atoms with Gasteiger partial charge in [0, 0.05) is 28.3 Å². The molecule has 2 aromatic carbocycles. The minimum absolute atomic E-state index is 0.147. The zero-order valence-corrected chi connectivity index (χ0v) is 16.9. The third kappa shape index (κ3) is 5.42. The summed E-state index contributed by atoms with van der Waals surface area (Å²) in [5.74, 6) is 0.140. The minimum Gasteiger partial charge on any atom is -0.393 e. The fourth-order valence-corrected chi connectivity index (χ4v) is 2.63. The molecule has 0 unspecified atom stereocenters. The highest BCUT2D eigenvalue weighted by molar-refractivity contribution is 9.10. The van der Waals surface area contributed by atoms with Gasteiger partial charge in [0.2, 0.25) is 5.91 Å². The van der Waals surface area contributed by atoms with E-state index >= 15 is 0 Å². The second kappa shape index (κ2) is 9.02. The number of nitrogen functional groups attached to an aromatic ring is 1. The summed E-state index contributed by atoms with van der Waals surface area (Å²) in [7, 11) is 0. The summed E-state index contributed by atoms with van der Waals surface area (Å²) >= 11 is 3.32. The molecule has 148 valence electrons. The first kappa shape index (κ1) is 20.1. The van der Waals surface area contributed by atoms with Crippen molar-refractivity contribution in [3.63, 3.8) is 0 Å². The van der Waals surface area contributed by atoms with E-state index in [0.29, 0.717) is 22.8 Å². The van der Waals surface area contributed by atoms with E-state index in [1.807, 2.05) is 0 Å². The lowest BCUT2D eigenvalue weighted by molar-refractivity contribution is -0.114. The molecule has 0 aliphatic carbocycles. The highest BCUT2D eigenvalue weighted by Gasteiger charge is 2.11. The third-order valence-electron chi connectivity index (χ3n) is 3.75. The number of nitrogens with one attached hydrogen (secondary N) is 4. The van der Waals surface area contributed by atoms with Gasteiger partial charge in [0.1, 0.15) is 12.0 Å². The molecule has 6 N–H and O–H groups in total. The monoisotopic (exact) mass is 455 g/mol. The summed E-state index contributed by atoms with van der Waals surface area (Å²) < 4.78 is 0.878. The van der Waals surface area contributed by atoms with Gasteiger partial charge in [-0.15, -0.1) is 0 Å². The fourth-order valence-electron chi connectivity index (χ4n) is 2.36. The first-order valence-electron chi connectivity index (χ1n) is 8.49. The molecule has 0 bridgehead atoms. The first-order chi connectivity index (χ1) is 13.9.